The molecule has 0 aliphatic heterocycles. The van der Waals surface area contributed by atoms with Crippen molar-refractivity contribution in [1.82, 2.24) is 0 Å². The van der Waals surface area contributed by atoms with E-state index in [1.54, 1.807) is 0 Å². The van der Waals surface area contributed by atoms with Crippen LogP contribution < -0.4 is 0 Å². The van der Waals surface area contributed by atoms with E-state index in [9.17, 15) is 15.0 Å². The second-order valence-electron chi connectivity index (χ2n) is 8.02. The summed E-state index contributed by atoms with van der Waals surface area (Å²) in [5, 5.41) is 21.4. The fraction of sp³-hybridized carbons (Fsp3) is 0.842. The van der Waals surface area contributed by atoms with Crippen LogP contribution in [-0.2, 0) is 4.79 Å². The molecule has 4 rings (SSSR count). The first-order valence-electron chi connectivity index (χ1n) is 10.9. The van der Waals surface area contributed by atoms with Crippen LogP contribution in [0.25, 0.3) is 0 Å². The fourth-order valence-corrected chi connectivity index (χ4v) is 5.71. The second kappa shape index (κ2) is 4.67. The van der Waals surface area contributed by atoms with Crippen molar-refractivity contribution in [2.24, 2.45) is 28.6 Å². The van der Waals surface area contributed by atoms with Crippen LogP contribution in [0.1, 0.15) is 65.6 Å². The zero-order valence-corrected chi connectivity index (χ0v) is 13.2. The van der Waals surface area contributed by atoms with Gasteiger partial charge in [0.2, 0.25) is 0 Å². The van der Waals surface area contributed by atoms with E-state index in [1.165, 1.54) is 6.08 Å². The number of carbonyl (C=O) groups excluding carboxylic acids is 1. The van der Waals surface area contributed by atoms with Gasteiger partial charge in [-0.05, 0) is 61.6 Å². The molecule has 3 nitrogen and oxygen atoms in total. The van der Waals surface area contributed by atoms with E-state index in [1.807, 2.05) is 13.8 Å². The summed E-state index contributed by atoms with van der Waals surface area (Å²) >= 11 is 0. The van der Waals surface area contributed by atoms with Crippen molar-refractivity contribution in [2.75, 3.05) is 0 Å². The van der Waals surface area contributed by atoms with Crippen molar-refractivity contribution in [3.05, 3.63) is 11.6 Å². The molecule has 22 heavy (non-hydrogen) atoms. The van der Waals surface area contributed by atoms with Crippen molar-refractivity contribution >= 4 is 5.78 Å². The van der Waals surface area contributed by atoms with Gasteiger partial charge in [-0.3, -0.25) is 4.79 Å². The molecule has 0 bridgehead atoms. The van der Waals surface area contributed by atoms with Gasteiger partial charge in [0.05, 0.1) is 13.6 Å². The minimum Gasteiger partial charge on any atom is -0.393 e. The summed E-state index contributed by atoms with van der Waals surface area (Å²) < 4.78 is 41.4. The van der Waals surface area contributed by atoms with Crippen LogP contribution in [0.3, 0.4) is 0 Å². The third-order valence-electron chi connectivity index (χ3n) is 7.08. The molecular weight excluding hydrogens is 276 g/mol. The molecule has 3 fully saturated rings. The monoisotopic (exact) mass is 309 g/mol. The standard InChI is InChI=1S/C19H28O3/c1-18-7-5-12(20)9-11(18)10-15(21)17-13-3-4-16(22)19(13,2)8-6-14(17)18/h10,12-15,17,20-21H,3-9H2,1-2H3/t12-,13-,14-,15-,17-,18-,19-/m0/s1/i5D2,9D2,12D. The Morgan fingerprint density at radius 2 is 1.95 bits per heavy atom. The van der Waals surface area contributed by atoms with Gasteiger partial charge in [-0.25, -0.2) is 0 Å². The predicted octanol–water partition coefficient (Wildman–Crippen LogP) is 2.85. The van der Waals surface area contributed by atoms with Gasteiger partial charge in [0.25, 0.3) is 0 Å². The van der Waals surface area contributed by atoms with Gasteiger partial charge in [0.1, 0.15) is 5.78 Å². The molecule has 0 aromatic carbocycles. The van der Waals surface area contributed by atoms with Gasteiger partial charge < -0.3 is 10.2 Å². The van der Waals surface area contributed by atoms with Gasteiger partial charge in [0, 0.05) is 17.3 Å². The molecule has 0 heterocycles. The summed E-state index contributed by atoms with van der Waals surface area (Å²) in [6, 6.07) is 0. The number of aliphatic hydroxyl groups excluding tert-OH is 1. The lowest BCUT2D eigenvalue weighted by molar-refractivity contribution is -0.135. The molecule has 0 unspecified atom stereocenters. The van der Waals surface area contributed by atoms with E-state index in [2.05, 4.69) is 0 Å². The van der Waals surface area contributed by atoms with Crippen molar-refractivity contribution in [3.8, 4) is 0 Å². The number of fused-ring (bicyclic) bond motifs is 5. The zero-order chi connectivity index (χ0) is 20.2. The molecule has 0 spiro atoms. The van der Waals surface area contributed by atoms with Crippen LogP contribution in [0.5, 0.6) is 0 Å². The van der Waals surface area contributed by atoms with E-state index in [-0.39, 0.29) is 35.5 Å². The lowest BCUT2D eigenvalue weighted by Crippen LogP contribution is -2.54. The third kappa shape index (κ3) is 1.78. The van der Waals surface area contributed by atoms with Crippen LogP contribution in [0.2, 0.25) is 0 Å². The highest BCUT2D eigenvalue weighted by molar-refractivity contribution is 5.87. The van der Waals surface area contributed by atoms with E-state index in [4.69, 9.17) is 6.85 Å². The van der Waals surface area contributed by atoms with Crippen LogP contribution >= 0.6 is 0 Å². The fourth-order valence-electron chi connectivity index (χ4n) is 5.71. The Morgan fingerprint density at radius 1 is 1.23 bits per heavy atom. The smallest absolute Gasteiger partial charge is 0.139 e. The summed E-state index contributed by atoms with van der Waals surface area (Å²) in [6.07, 6.45) is -5.20. The summed E-state index contributed by atoms with van der Waals surface area (Å²) in [4.78, 5) is 12.5. The Morgan fingerprint density at radius 3 is 2.73 bits per heavy atom. The number of hydrogen-bond donors (Lipinski definition) is 2. The highest BCUT2D eigenvalue weighted by atomic mass is 16.3. The van der Waals surface area contributed by atoms with E-state index in [0.717, 1.165) is 0 Å². The topological polar surface area (TPSA) is 57.5 Å². The Kier molecular flexibility index (Phi) is 2.18. The molecule has 0 saturated heterocycles. The minimum absolute atomic E-state index is 0.00178. The highest BCUT2D eigenvalue weighted by Gasteiger charge is 2.60. The Hall–Kier alpha value is -0.670. The Balaban J connectivity index is 1.86. The molecule has 0 aromatic heterocycles. The third-order valence-corrected chi connectivity index (χ3v) is 7.08. The molecule has 7 atom stereocenters. The lowest BCUT2D eigenvalue weighted by Gasteiger charge is -2.58. The first-order chi connectivity index (χ1) is 12.2. The predicted molar refractivity (Wildman–Crippen MR) is 84.1 cm³/mol. The van der Waals surface area contributed by atoms with Crippen LogP contribution in [-0.4, -0.2) is 28.2 Å². The second-order valence-corrected chi connectivity index (χ2v) is 8.02. The zero-order valence-electron chi connectivity index (χ0n) is 18.2. The highest BCUT2D eigenvalue weighted by Crippen LogP contribution is 2.63. The van der Waals surface area contributed by atoms with Gasteiger partial charge in [-0.1, -0.05) is 25.5 Å². The summed E-state index contributed by atoms with van der Waals surface area (Å²) in [7, 11) is 0. The molecule has 2 N–H and O–H groups in total. The number of Topliss-reactive ketones (excluding diaryl/α,β-unsaturated/α-hetero) is 1. The molecule has 4 aliphatic rings. The van der Waals surface area contributed by atoms with Gasteiger partial charge >= 0.3 is 0 Å². The van der Waals surface area contributed by atoms with Crippen molar-refractivity contribution in [3.63, 3.8) is 0 Å². The molecule has 0 amide bonds. The number of carbonyl (C=O) groups is 1. The first kappa shape index (κ1) is 10.2. The van der Waals surface area contributed by atoms with Gasteiger partial charge in [-0.2, -0.15) is 0 Å². The average molecular weight is 309 g/mol. The normalized spacial score (nSPS) is 65.5. The van der Waals surface area contributed by atoms with Gasteiger partial charge in [0.15, 0.2) is 0 Å². The molecular formula is C19H28O3. The van der Waals surface area contributed by atoms with E-state index < -0.39 is 35.8 Å². The van der Waals surface area contributed by atoms with Crippen LogP contribution in [0.15, 0.2) is 11.6 Å². The number of hydrogen-bond acceptors (Lipinski definition) is 3. The quantitative estimate of drug-likeness (QED) is 0.677. The molecule has 0 aromatic rings. The molecule has 4 aliphatic carbocycles. The lowest BCUT2D eigenvalue weighted by atomic mass is 9.47. The van der Waals surface area contributed by atoms with Crippen molar-refractivity contribution in [2.45, 2.75) is 70.9 Å². The van der Waals surface area contributed by atoms with E-state index >= 15 is 0 Å². The Labute approximate surface area is 139 Å². The molecule has 3 heteroatoms. The number of rotatable bonds is 0. The molecule has 0 radical (unpaired) electrons. The summed E-state index contributed by atoms with van der Waals surface area (Å²) in [5.74, 6) is -0.181. The van der Waals surface area contributed by atoms with Crippen LogP contribution in [0.4, 0.5) is 0 Å². The summed E-state index contributed by atoms with van der Waals surface area (Å²) in [5.41, 5.74) is -1.23. The largest absolute Gasteiger partial charge is 0.393 e. The maximum Gasteiger partial charge on any atom is 0.139 e. The number of ketones is 1. The average Bonchev–Trinajstić information content (AvgIpc) is 2.84. The van der Waals surface area contributed by atoms with Crippen LogP contribution in [0, 0.1) is 28.6 Å². The maximum atomic E-state index is 12.5. The summed E-state index contributed by atoms with van der Waals surface area (Å²) in [6.45, 7) is 3.78. The first-order valence-corrected chi connectivity index (χ1v) is 8.37. The maximum absolute atomic E-state index is 12.5. The van der Waals surface area contributed by atoms with Crippen molar-refractivity contribution in [1.29, 1.82) is 0 Å². The van der Waals surface area contributed by atoms with E-state index in [0.29, 0.717) is 25.7 Å². The molecule has 122 valence electrons. The van der Waals surface area contributed by atoms with Crippen molar-refractivity contribution < 1.29 is 21.9 Å². The number of aliphatic hydroxyl groups is 2. The molecule has 3 saturated carbocycles. The van der Waals surface area contributed by atoms with Gasteiger partial charge in [-0.15, -0.1) is 0 Å². The minimum atomic E-state index is -2.93. The Bertz CT molecular complexity index is 733. The SMILES string of the molecule is [2H]C1([2H])C[C@@]2(C)C(=C[C@H](O)[C@@H]3[C@@H]2CC[C@]2(C)C(=O)CC[C@@H]32)C([2H])([2H])[C@@]1([2H])O.